The second kappa shape index (κ2) is 8.28. The minimum Gasteiger partial charge on any atom is -0.312 e. The van der Waals surface area contributed by atoms with Crippen LogP contribution in [0.5, 0.6) is 0 Å². The van der Waals surface area contributed by atoms with Crippen molar-refractivity contribution < 1.29 is 0 Å². The van der Waals surface area contributed by atoms with E-state index in [0.717, 1.165) is 24.9 Å². The second-order valence-electron chi connectivity index (χ2n) is 6.82. The molecule has 1 aliphatic rings. The van der Waals surface area contributed by atoms with Crippen molar-refractivity contribution in [2.24, 2.45) is 5.92 Å². The van der Waals surface area contributed by atoms with Gasteiger partial charge in [-0.25, -0.2) is 4.98 Å². The van der Waals surface area contributed by atoms with Gasteiger partial charge in [0.2, 0.25) is 0 Å². The van der Waals surface area contributed by atoms with Crippen molar-refractivity contribution in [1.82, 2.24) is 10.3 Å². The number of aromatic nitrogens is 1. The maximum absolute atomic E-state index is 5.04. The Hall–Kier alpha value is -0.410. The van der Waals surface area contributed by atoms with E-state index in [2.05, 4.69) is 33.0 Å². The Balaban J connectivity index is 2.04. The standard InChI is InChI=1S/C18H32N2S/c1-5-11-19-12-16-17(13(3)4)20-18(21-16)15-9-7-14(6-2)8-10-15/h13-15,19H,5-12H2,1-4H3. The number of nitrogens with zero attached hydrogens (tertiary/aromatic N) is 1. The summed E-state index contributed by atoms with van der Waals surface area (Å²) < 4.78 is 0. The van der Waals surface area contributed by atoms with Gasteiger partial charge >= 0.3 is 0 Å². The fourth-order valence-electron chi connectivity index (χ4n) is 3.33. The Morgan fingerprint density at radius 1 is 1.19 bits per heavy atom. The summed E-state index contributed by atoms with van der Waals surface area (Å²) in [7, 11) is 0. The van der Waals surface area contributed by atoms with Crippen LogP contribution in [0.15, 0.2) is 0 Å². The smallest absolute Gasteiger partial charge is 0.0962 e. The molecule has 0 bridgehead atoms. The number of nitrogens with one attached hydrogen (secondary N) is 1. The zero-order chi connectivity index (χ0) is 15.2. The van der Waals surface area contributed by atoms with Gasteiger partial charge in [0.05, 0.1) is 10.7 Å². The lowest BCUT2D eigenvalue weighted by Crippen LogP contribution is -2.14. The molecule has 0 radical (unpaired) electrons. The molecule has 0 aliphatic heterocycles. The molecule has 2 nitrogen and oxygen atoms in total. The van der Waals surface area contributed by atoms with E-state index in [1.54, 1.807) is 0 Å². The summed E-state index contributed by atoms with van der Waals surface area (Å²) in [4.78, 5) is 6.52. The van der Waals surface area contributed by atoms with E-state index in [1.807, 2.05) is 11.3 Å². The normalized spacial score (nSPS) is 22.9. The molecule has 0 amide bonds. The Kier molecular flexibility index (Phi) is 6.69. The molecule has 0 unspecified atom stereocenters. The van der Waals surface area contributed by atoms with Gasteiger partial charge < -0.3 is 5.32 Å². The largest absolute Gasteiger partial charge is 0.312 e. The molecular weight excluding hydrogens is 276 g/mol. The topological polar surface area (TPSA) is 24.9 Å². The first-order valence-corrected chi connectivity index (χ1v) is 9.67. The monoisotopic (exact) mass is 308 g/mol. The van der Waals surface area contributed by atoms with Crippen LogP contribution in [0.4, 0.5) is 0 Å². The molecule has 3 heteroatoms. The van der Waals surface area contributed by atoms with Crippen LogP contribution in [0.3, 0.4) is 0 Å². The fraction of sp³-hybridized carbons (Fsp3) is 0.833. The van der Waals surface area contributed by atoms with Crippen LogP contribution in [0, 0.1) is 5.92 Å². The molecule has 21 heavy (non-hydrogen) atoms. The van der Waals surface area contributed by atoms with Crippen LogP contribution >= 0.6 is 11.3 Å². The average molecular weight is 309 g/mol. The van der Waals surface area contributed by atoms with Gasteiger partial charge in [0.15, 0.2) is 0 Å². The predicted octanol–water partition coefficient (Wildman–Crippen LogP) is 5.45. The summed E-state index contributed by atoms with van der Waals surface area (Å²) in [5, 5.41) is 4.97. The third kappa shape index (κ3) is 4.53. The molecule has 0 aromatic carbocycles. The summed E-state index contributed by atoms with van der Waals surface area (Å²) in [6.45, 7) is 11.2. The molecule has 1 aromatic heterocycles. The average Bonchev–Trinajstić information content (AvgIpc) is 2.92. The van der Waals surface area contributed by atoms with Crippen molar-refractivity contribution in [3.8, 4) is 0 Å². The van der Waals surface area contributed by atoms with Gasteiger partial charge in [-0.3, -0.25) is 0 Å². The molecule has 1 aliphatic carbocycles. The Bertz CT molecular complexity index is 417. The third-order valence-electron chi connectivity index (χ3n) is 4.78. The first kappa shape index (κ1) is 17.0. The van der Waals surface area contributed by atoms with Gasteiger partial charge in [-0.2, -0.15) is 0 Å². The van der Waals surface area contributed by atoms with Gasteiger partial charge in [-0.1, -0.05) is 34.1 Å². The van der Waals surface area contributed by atoms with Crippen molar-refractivity contribution in [1.29, 1.82) is 0 Å². The first-order valence-electron chi connectivity index (χ1n) is 8.85. The summed E-state index contributed by atoms with van der Waals surface area (Å²) >= 11 is 1.98. The SMILES string of the molecule is CCCNCc1sc(C2CCC(CC)CC2)nc1C(C)C. The Labute approximate surface area is 134 Å². The minimum absolute atomic E-state index is 0.542. The third-order valence-corrected chi connectivity index (χ3v) is 6.01. The molecule has 1 saturated carbocycles. The molecule has 1 aromatic rings. The van der Waals surface area contributed by atoms with E-state index in [-0.39, 0.29) is 0 Å². The van der Waals surface area contributed by atoms with Crippen LogP contribution in [0.2, 0.25) is 0 Å². The van der Waals surface area contributed by atoms with Crippen molar-refractivity contribution in [3.63, 3.8) is 0 Å². The molecular formula is C18H32N2S. The number of thiazole rings is 1. The lowest BCUT2D eigenvalue weighted by atomic mass is 9.81. The van der Waals surface area contributed by atoms with Crippen molar-refractivity contribution in [2.75, 3.05) is 6.54 Å². The summed E-state index contributed by atoms with van der Waals surface area (Å²) in [6.07, 6.45) is 8.07. The van der Waals surface area contributed by atoms with E-state index in [9.17, 15) is 0 Å². The molecule has 120 valence electrons. The molecule has 2 rings (SSSR count). The Morgan fingerprint density at radius 3 is 2.48 bits per heavy atom. The fourth-order valence-corrected chi connectivity index (χ4v) is 4.69. The number of rotatable bonds is 7. The Morgan fingerprint density at radius 2 is 1.90 bits per heavy atom. The van der Waals surface area contributed by atoms with Gasteiger partial charge in [0, 0.05) is 17.3 Å². The molecule has 1 fully saturated rings. The summed E-state index contributed by atoms with van der Waals surface area (Å²) in [6, 6.07) is 0. The van der Waals surface area contributed by atoms with E-state index >= 15 is 0 Å². The molecule has 1 N–H and O–H groups in total. The maximum Gasteiger partial charge on any atom is 0.0962 e. The number of hydrogen-bond acceptors (Lipinski definition) is 3. The lowest BCUT2D eigenvalue weighted by molar-refractivity contribution is 0.318. The molecule has 0 atom stereocenters. The molecule has 1 heterocycles. The van der Waals surface area contributed by atoms with E-state index in [1.165, 1.54) is 54.1 Å². The van der Waals surface area contributed by atoms with Crippen LogP contribution in [-0.2, 0) is 6.54 Å². The van der Waals surface area contributed by atoms with Crippen LogP contribution in [0.1, 0.15) is 93.6 Å². The van der Waals surface area contributed by atoms with Crippen LogP contribution in [-0.4, -0.2) is 11.5 Å². The predicted molar refractivity (Wildman–Crippen MR) is 93.2 cm³/mol. The van der Waals surface area contributed by atoms with Gasteiger partial charge in [-0.15, -0.1) is 11.3 Å². The van der Waals surface area contributed by atoms with Crippen LogP contribution in [0.25, 0.3) is 0 Å². The highest BCUT2D eigenvalue weighted by Gasteiger charge is 2.25. The van der Waals surface area contributed by atoms with Crippen molar-refractivity contribution in [2.45, 2.75) is 84.6 Å². The highest BCUT2D eigenvalue weighted by Crippen LogP contribution is 2.40. The quantitative estimate of drug-likeness (QED) is 0.677. The van der Waals surface area contributed by atoms with E-state index in [0.29, 0.717) is 5.92 Å². The first-order chi connectivity index (χ1) is 10.2. The maximum atomic E-state index is 5.04. The zero-order valence-electron chi connectivity index (χ0n) is 14.2. The van der Waals surface area contributed by atoms with E-state index < -0.39 is 0 Å². The summed E-state index contributed by atoms with van der Waals surface area (Å²) in [5.74, 6) is 2.24. The van der Waals surface area contributed by atoms with Gasteiger partial charge in [0.25, 0.3) is 0 Å². The highest BCUT2D eigenvalue weighted by atomic mass is 32.1. The van der Waals surface area contributed by atoms with Gasteiger partial charge in [0.1, 0.15) is 0 Å². The molecule has 0 spiro atoms. The van der Waals surface area contributed by atoms with Crippen molar-refractivity contribution in [3.05, 3.63) is 15.6 Å². The van der Waals surface area contributed by atoms with Crippen molar-refractivity contribution >= 4 is 11.3 Å². The second-order valence-corrected chi connectivity index (χ2v) is 7.93. The zero-order valence-corrected chi connectivity index (χ0v) is 15.1. The summed E-state index contributed by atoms with van der Waals surface area (Å²) in [5.41, 5.74) is 1.34. The minimum atomic E-state index is 0.542. The van der Waals surface area contributed by atoms with Gasteiger partial charge in [-0.05, 0) is 50.5 Å². The lowest BCUT2D eigenvalue weighted by Gasteiger charge is -2.26. The highest BCUT2D eigenvalue weighted by molar-refractivity contribution is 7.11. The van der Waals surface area contributed by atoms with Crippen LogP contribution < -0.4 is 5.32 Å². The number of hydrogen-bond donors (Lipinski definition) is 1. The van der Waals surface area contributed by atoms with E-state index in [4.69, 9.17) is 4.98 Å². The molecule has 0 saturated heterocycles.